The van der Waals surface area contributed by atoms with Gasteiger partial charge in [0, 0.05) is 5.56 Å². The number of aliphatic hydroxyl groups is 4. The van der Waals surface area contributed by atoms with E-state index in [1.54, 1.807) is 0 Å². The summed E-state index contributed by atoms with van der Waals surface area (Å²) in [6.45, 7) is -0.587. The molecule has 10 heteroatoms. The molecule has 146 valence electrons. The van der Waals surface area contributed by atoms with E-state index in [0.717, 1.165) is 0 Å². The van der Waals surface area contributed by atoms with Crippen LogP contribution in [0.15, 0.2) is 40.8 Å². The van der Waals surface area contributed by atoms with E-state index in [1.807, 2.05) is 0 Å². The maximum absolute atomic E-state index is 13.0. The molecule has 3 rings (SSSR count). The molecule has 6 N–H and O–H groups in total. The summed E-state index contributed by atoms with van der Waals surface area (Å²) in [5, 5.41) is 38.5. The van der Waals surface area contributed by atoms with Gasteiger partial charge in [0.15, 0.2) is 12.0 Å². The third-order valence-electron chi connectivity index (χ3n) is 4.18. The summed E-state index contributed by atoms with van der Waals surface area (Å²) in [5.74, 6) is -0.799. The van der Waals surface area contributed by atoms with Gasteiger partial charge in [0.1, 0.15) is 36.0 Å². The highest BCUT2D eigenvalue weighted by Gasteiger charge is 2.43. The van der Waals surface area contributed by atoms with Crippen LogP contribution in [0, 0.1) is 5.82 Å². The molecule has 0 radical (unpaired) electrons. The fraction of sp³-hybridized carbons (Fsp3) is 0.353. The number of carbonyl (C=O) groups excluding carboxylic acids is 1. The number of halogens is 1. The van der Waals surface area contributed by atoms with Gasteiger partial charge in [0.25, 0.3) is 0 Å². The van der Waals surface area contributed by atoms with Crippen LogP contribution in [0.5, 0.6) is 0 Å². The molecule has 9 nitrogen and oxygen atoms in total. The average Bonchev–Trinajstić information content (AvgIpc) is 3.16. The van der Waals surface area contributed by atoms with Crippen molar-refractivity contribution in [2.24, 2.45) is 0 Å². The number of nitrogens with one attached hydrogen (secondary N) is 2. The lowest BCUT2D eigenvalue weighted by molar-refractivity contribution is -0.238. The van der Waals surface area contributed by atoms with Gasteiger partial charge >= 0.3 is 5.91 Å². The molecule has 2 heterocycles. The number of hydrogen-bond donors (Lipinski definition) is 6. The summed E-state index contributed by atoms with van der Waals surface area (Å²) in [6.07, 6.45) is -6.99. The van der Waals surface area contributed by atoms with Gasteiger partial charge in [-0.15, -0.1) is 0 Å². The minimum atomic E-state index is -1.57. The van der Waals surface area contributed by atoms with E-state index in [2.05, 4.69) is 10.9 Å². The second kappa shape index (κ2) is 8.13. The Balaban J connectivity index is 1.62. The van der Waals surface area contributed by atoms with Crippen LogP contribution >= 0.6 is 0 Å². The van der Waals surface area contributed by atoms with E-state index in [4.69, 9.17) is 14.3 Å². The molecular formula is C17H19FN2O7. The van der Waals surface area contributed by atoms with Gasteiger partial charge < -0.3 is 29.6 Å². The van der Waals surface area contributed by atoms with Crippen molar-refractivity contribution in [2.75, 3.05) is 6.61 Å². The number of furan rings is 1. The Bertz CT molecular complexity index is 780. The van der Waals surface area contributed by atoms with Gasteiger partial charge in [0.2, 0.25) is 0 Å². The van der Waals surface area contributed by atoms with Crippen LogP contribution < -0.4 is 10.9 Å². The molecule has 1 amide bonds. The smallest absolute Gasteiger partial charge is 0.301 e. The lowest BCUT2D eigenvalue weighted by Gasteiger charge is -2.40. The number of rotatable bonds is 5. The van der Waals surface area contributed by atoms with Crippen molar-refractivity contribution in [3.63, 3.8) is 0 Å². The normalized spacial score (nSPS) is 28.1. The zero-order chi connectivity index (χ0) is 19.6. The van der Waals surface area contributed by atoms with Gasteiger partial charge in [-0.1, -0.05) is 0 Å². The first-order valence-electron chi connectivity index (χ1n) is 8.13. The molecule has 0 saturated carbocycles. The van der Waals surface area contributed by atoms with E-state index in [0.29, 0.717) is 11.3 Å². The Morgan fingerprint density at radius 3 is 2.41 bits per heavy atom. The van der Waals surface area contributed by atoms with Crippen LogP contribution in [0.25, 0.3) is 11.3 Å². The van der Waals surface area contributed by atoms with Crippen molar-refractivity contribution in [1.82, 2.24) is 10.9 Å². The molecule has 0 aliphatic carbocycles. The first kappa shape index (κ1) is 19.4. The first-order chi connectivity index (χ1) is 12.9. The summed E-state index contributed by atoms with van der Waals surface area (Å²) in [4.78, 5) is 12.2. The van der Waals surface area contributed by atoms with Crippen LogP contribution in [0.4, 0.5) is 4.39 Å². The second-order valence-electron chi connectivity index (χ2n) is 6.02. The average molecular weight is 382 g/mol. The second-order valence-corrected chi connectivity index (χ2v) is 6.02. The van der Waals surface area contributed by atoms with Crippen LogP contribution in [-0.2, 0) is 4.74 Å². The lowest BCUT2D eigenvalue weighted by atomic mass is 9.99. The molecule has 2 aromatic rings. The minimum absolute atomic E-state index is 0.0635. The van der Waals surface area contributed by atoms with E-state index in [1.165, 1.54) is 36.4 Å². The van der Waals surface area contributed by atoms with Crippen LogP contribution in [0.3, 0.4) is 0 Å². The largest absolute Gasteiger partial charge is 0.451 e. The molecule has 1 aliphatic rings. The fourth-order valence-electron chi connectivity index (χ4n) is 2.65. The van der Waals surface area contributed by atoms with Crippen LogP contribution in [0.1, 0.15) is 10.6 Å². The number of ether oxygens (including phenoxy) is 1. The Morgan fingerprint density at radius 2 is 1.74 bits per heavy atom. The van der Waals surface area contributed by atoms with Gasteiger partial charge in [-0.3, -0.25) is 10.2 Å². The molecule has 0 spiro atoms. The number of aliphatic hydroxyl groups excluding tert-OH is 4. The Kier molecular flexibility index (Phi) is 5.85. The van der Waals surface area contributed by atoms with Crippen molar-refractivity contribution < 1.29 is 38.8 Å². The summed E-state index contributed by atoms with van der Waals surface area (Å²) in [7, 11) is 0. The maximum Gasteiger partial charge on any atom is 0.301 e. The highest BCUT2D eigenvalue weighted by molar-refractivity contribution is 5.91. The van der Waals surface area contributed by atoms with E-state index in [9.17, 15) is 24.5 Å². The number of benzene rings is 1. The summed E-state index contributed by atoms with van der Waals surface area (Å²) < 4.78 is 23.6. The monoisotopic (exact) mass is 382 g/mol. The minimum Gasteiger partial charge on any atom is -0.451 e. The number of amides is 1. The molecule has 1 aromatic heterocycles. The Morgan fingerprint density at radius 1 is 1.04 bits per heavy atom. The highest BCUT2D eigenvalue weighted by atomic mass is 19.1. The van der Waals surface area contributed by atoms with Crippen molar-refractivity contribution in [2.45, 2.75) is 30.6 Å². The molecule has 27 heavy (non-hydrogen) atoms. The van der Waals surface area contributed by atoms with Gasteiger partial charge in [0.05, 0.1) is 6.61 Å². The molecule has 5 atom stereocenters. The number of carbonyl (C=O) groups is 1. The van der Waals surface area contributed by atoms with Gasteiger partial charge in [-0.2, -0.15) is 0 Å². The third kappa shape index (κ3) is 4.16. The summed E-state index contributed by atoms with van der Waals surface area (Å²) in [6, 6.07) is 8.47. The predicted octanol–water partition coefficient (Wildman–Crippen LogP) is -0.880. The van der Waals surface area contributed by atoms with E-state index in [-0.39, 0.29) is 5.76 Å². The maximum atomic E-state index is 13.0. The van der Waals surface area contributed by atoms with Crippen LogP contribution in [0.2, 0.25) is 0 Å². The lowest BCUT2D eigenvalue weighted by Crippen LogP contribution is -2.64. The van der Waals surface area contributed by atoms with E-state index >= 15 is 0 Å². The van der Waals surface area contributed by atoms with Gasteiger partial charge in [-0.25, -0.2) is 9.82 Å². The van der Waals surface area contributed by atoms with Crippen molar-refractivity contribution in [3.8, 4) is 11.3 Å². The van der Waals surface area contributed by atoms with Gasteiger partial charge in [-0.05, 0) is 36.4 Å². The zero-order valence-electron chi connectivity index (χ0n) is 13.9. The Labute approximate surface area is 153 Å². The zero-order valence-corrected chi connectivity index (χ0v) is 13.9. The van der Waals surface area contributed by atoms with Crippen molar-refractivity contribution >= 4 is 5.91 Å². The number of hydrogen-bond acceptors (Lipinski definition) is 8. The number of hydrazine groups is 1. The molecule has 1 fully saturated rings. The van der Waals surface area contributed by atoms with Crippen molar-refractivity contribution in [1.29, 1.82) is 0 Å². The topological polar surface area (TPSA) is 144 Å². The highest BCUT2D eigenvalue weighted by Crippen LogP contribution is 2.23. The molecular weight excluding hydrogens is 363 g/mol. The molecule has 1 aliphatic heterocycles. The first-order valence-corrected chi connectivity index (χ1v) is 8.13. The molecule has 0 bridgehead atoms. The molecule has 1 saturated heterocycles. The summed E-state index contributed by atoms with van der Waals surface area (Å²) in [5.41, 5.74) is 5.21. The molecule has 1 aromatic carbocycles. The molecule has 0 unspecified atom stereocenters. The summed E-state index contributed by atoms with van der Waals surface area (Å²) >= 11 is 0. The Hall–Kier alpha value is -2.34. The van der Waals surface area contributed by atoms with E-state index < -0.39 is 49.0 Å². The van der Waals surface area contributed by atoms with Crippen LogP contribution in [-0.4, -0.2) is 63.6 Å². The predicted molar refractivity (Wildman–Crippen MR) is 88.5 cm³/mol. The fourth-order valence-corrected chi connectivity index (χ4v) is 2.65. The SMILES string of the molecule is O=C(NN[C@@H]1O[C@H](CO)[C@@H](O)[C@H](O)[C@H]1O)c1ccc(-c2ccc(F)cc2)o1. The van der Waals surface area contributed by atoms with Crippen molar-refractivity contribution in [3.05, 3.63) is 48.0 Å². The quantitative estimate of drug-likeness (QED) is 0.366. The standard InChI is InChI=1S/C17H19FN2O7/c18-9-3-1-8(2-4-9)10-5-6-11(26-10)16(25)19-20-17-15(24)14(23)13(22)12(7-21)27-17/h1-6,12-15,17,20-24H,7H2,(H,19,25)/t12-,13-,14+,15-,17-/m1/s1. The third-order valence-corrected chi connectivity index (χ3v) is 4.18.